The standard InChI is InChI=1S/C15H13NO5/c1-8-13(20-7-16-8)6-19-10-3-4-12-11(5-10)14(15(17)18)9(2)21-12/h3-5,7H,6H2,1-2H3,(H,17,18). The van der Waals surface area contributed by atoms with Gasteiger partial charge in [-0.15, -0.1) is 0 Å². The molecule has 6 nitrogen and oxygen atoms in total. The Morgan fingerprint density at radius 2 is 2.19 bits per heavy atom. The third-order valence-corrected chi connectivity index (χ3v) is 3.26. The molecule has 3 aromatic rings. The zero-order chi connectivity index (χ0) is 15.0. The number of rotatable bonds is 4. The molecule has 2 heterocycles. The SMILES string of the molecule is Cc1ncoc1COc1ccc2oc(C)c(C(=O)O)c2c1. The molecule has 0 aliphatic carbocycles. The molecule has 108 valence electrons. The third kappa shape index (κ3) is 2.35. The van der Waals surface area contributed by atoms with Crippen LogP contribution in [0, 0.1) is 13.8 Å². The van der Waals surface area contributed by atoms with Crippen LogP contribution in [0.4, 0.5) is 0 Å². The van der Waals surface area contributed by atoms with Gasteiger partial charge in [-0.25, -0.2) is 9.78 Å². The van der Waals surface area contributed by atoms with E-state index in [0.717, 1.165) is 5.69 Å². The molecular weight excluding hydrogens is 274 g/mol. The summed E-state index contributed by atoms with van der Waals surface area (Å²) in [4.78, 5) is 15.3. The maximum absolute atomic E-state index is 11.3. The van der Waals surface area contributed by atoms with Gasteiger partial charge in [-0.1, -0.05) is 0 Å². The van der Waals surface area contributed by atoms with Gasteiger partial charge in [0.1, 0.15) is 29.3 Å². The fourth-order valence-corrected chi connectivity index (χ4v) is 2.17. The van der Waals surface area contributed by atoms with E-state index < -0.39 is 5.97 Å². The highest BCUT2D eigenvalue weighted by Crippen LogP contribution is 2.29. The highest BCUT2D eigenvalue weighted by molar-refractivity contribution is 6.03. The van der Waals surface area contributed by atoms with E-state index >= 15 is 0 Å². The molecule has 0 aliphatic heterocycles. The van der Waals surface area contributed by atoms with Gasteiger partial charge < -0.3 is 18.7 Å². The molecule has 0 radical (unpaired) electrons. The van der Waals surface area contributed by atoms with Crippen LogP contribution >= 0.6 is 0 Å². The van der Waals surface area contributed by atoms with Crippen molar-refractivity contribution >= 4 is 16.9 Å². The first-order chi connectivity index (χ1) is 10.1. The van der Waals surface area contributed by atoms with Gasteiger partial charge >= 0.3 is 5.97 Å². The Morgan fingerprint density at radius 3 is 2.86 bits per heavy atom. The Hall–Kier alpha value is -2.76. The van der Waals surface area contributed by atoms with Crippen molar-refractivity contribution in [3.8, 4) is 5.75 Å². The molecular formula is C15H13NO5. The summed E-state index contributed by atoms with van der Waals surface area (Å²) in [5.74, 6) is 0.536. The molecule has 0 saturated carbocycles. The quantitative estimate of drug-likeness (QED) is 0.792. The van der Waals surface area contributed by atoms with Gasteiger partial charge in [0.25, 0.3) is 0 Å². The molecule has 3 rings (SSSR count). The second-order valence-corrected chi connectivity index (χ2v) is 4.65. The van der Waals surface area contributed by atoms with Crippen molar-refractivity contribution in [3.63, 3.8) is 0 Å². The first-order valence-electron chi connectivity index (χ1n) is 6.34. The minimum absolute atomic E-state index is 0.159. The molecule has 0 unspecified atom stereocenters. The molecule has 0 atom stereocenters. The second-order valence-electron chi connectivity index (χ2n) is 4.65. The Kier molecular flexibility index (Phi) is 3.13. The van der Waals surface area contributed by atoms with Crippen LogP contribution in [0.5, 0.6) is 5.75 Å². The summed E-state index contributed by atoms with van der Waals surface area (Å²) < 4.78 is 16.2. The number of ether oxygens (including phenoxy) is 1. The molecule has 0 fully saturated rings. The van der Waals surface area contributed by atoms with Crippen LogP contribution in [0.3, 0.4) is 0 Å². The van der Waals surface area contributed by atoms with E-state index in [0.29, 0.717) is 28.2 Å². The first-order valence-corrected chi connectivity index (χ1v) is 6.34. The highest BCUT2D eigenvalue weighted by Gasteiger charge is 2.18. The van der Waals surface area contributed by atoms with Crippen molar-refractivity contribution in [1.29, 1.82) is 0 Å². The third-order valence-electron chi connectivity index (χ3n) is 3.26. The first kappa shape index (κ1) is 13.2. The zero-order valence-corrected chi connectivity index (χ0v) is 11.5. The second kappa shape index (κ2) is 4.97. The summed E-state index contributed by atoms with van der Waals surface area (Å²) in [6, 6.07) is 5.07. The minimum Gasteiger partial charge on any atom is -0.486 e. The van der Waals surface area contributed by atoms with Crippen LogP contribution in [0.15, 0.2) is 33.4 Å². The monoisotopic (exact) mass is 287 g/mol. The van der Waals surface area contributed by atoms with E-state index in [1.165, 1.54) is 6.39 Å². The summed E-state index contributed by atoms with van der Waals surface area (Å²) in [6.07, 6.45) is 1.36. The topological polar surface area (TPSA) is 85.7 Å². The maximum atomic E-state index is 11.3. The normalized spacial score (nSPS) is 11.0. The molecule has 1 N–H and O–H groups in total. The van der Waals surface area contributed by atoms with Crippen molar-refractivity contribution in [3.05, 3.63) is 47.4 Å². The van der Waals surface area contributed by atoms with Gasteiger partial charge in [0.05, 0.1) is 5.69 Å². The Labute approximate surface area is 120 Å². The lowest BCUT2D eigenvalue weighted by Crippen LogP contribution is -1.98. The van der Waals surface area contributed by atoms with Crippen LogP contribution < -0.4 is 4.74 Å². The van der Waals surface area contributed by atoms with Crippen LogP contribution in [-0.4, -0.2) is 16.1 Å². The number of furan rings is 1. The van der Waals surface area contributed by atoms with E-state index in [4.69, 9.17) is 13.6 Å². The number of hydrogen-bond donors (Lipinski definition) is 1. The number of benzene rings is 1. The minimum atomic E-state index is -1.02. The van der Waals surface area contributed by atoms with Gasteiger partial charge in [-0.3, -0.25) is 0 Å². The lowest BCUT2D eigenvalue weighted by Gasteiger charge is -2.04. The number of carboxylic acids is 1. The number of fused-ring (bicyclic) bond motifs is 1. The number of aryl methyl sites for hydroxylation is 2. The molecule has 0 spiro atoms. The average molecular weight is 287 g/mol. The summed E-state index contributed by atoms with van der Waals surface area (Å²) in [7, 11) is 0. The fraction of sp³-hybridized carbons (Fsp3) is 0.200. The summed E-state index contributed by atoms with van der Waals surface area (Å²) in [5, 5.41) is 9.76. The van der Waals surface area contributed by atoms with Crippen molar-refractivity contribution in [1.82, 2.24) is 4.98 Å². The van der Waals surface area contributed by atoms with Gasteiger partial charge in [0.2, 0.25) is 0 Å². The van der Waals surface area contributed by atoms with Gasteiger partial charge in [0.15, 0.2) is 12.2 Å². The largest absolute Gasteiger partial charge is 0.486 e. The van der Waals surface area contributed by atoms with E-state index in [9.17, 15) is 9.90 Å². The summed E-state index contributed by atoms with van der Waals surface area (Å²) in [6.45, 7) is 3.69. The van der Waals surface area contributed by atoms with E-state index in [1.807, 2.05) is 6.92 Å². The number of nitrogens with zero attached hydrogens (tertiary/aromatic N) is 1. The average Bonchev–Trinajstić information content (AvgIpc) is 2.98. The van der Waals surface area contributed by atoms with Gasteiger partial charge in [-0.2, -0.15) is 0 Å². The number of carboxylic acid groups (broad SMARTS) is 1. The Bertz CT molecular complexity index is 815. The summed E-state index contributed by atoms with van der Waals surface area (Å²) in [5.41, 5.74) is 1.45. The van der Waals surface area contributed by atoms with Crippen molar-refractivity contribution in [2.75, 3.05) is 0 Å². The van der Waals surface area contributed by atoms with E-state index in [2.05, 4.69) is 4.98 Å². The molecule has 0 bridgehead atoms. The molecule has 0 saturated heterocycles. The van der Waals surface area contributed by atoms with E-state index in [-0.39, 0.29) is 12.2 Å². The van der Waals surface area contributed by atoms with Gasteiger partial charge in [-0.05, 0) is 32.0 Å². The lowest BCUT2D eigenvalue weighted by molar-refractivity contribution is 0.0697. The van der Waals surface area contributed by atoms with Crippen LogP contribution in [0.25, 0.3) is 11.0 Å². The number of aromatic carboxylic acids is 1. The van der Waals surface area contributed by atoms with Crippen molar-refractivity contribution in [2.24, 2.45) is 0 Å². The smallest absolute Gasteiger partial charge is 0.339 e. The number of aromatic nitrogens is 1. The Balaban J connectivity index is 1.91. The molecule has 2 aromatic heterocycles. The maximum Gasteiger partial charge on any atom is 0.339 e. The molecule has 1 aromatic carbocycles. The Morgan fingerprint density at radius 1 is 1.38 bits per heavy atom. The van der Waals surface area contributed by atoms with Gasteiger partial charge in [0, 0.05) is 5.39 Å². The molecule has 0 aliphatic rings. The van der Waals surface area contributed by atoms with Crippen LogP contribution in [-0.2, 0) is 6.61 Å². The zero-order valence-electron chi connectivity index (χ0n) is 11.5. The predicted octanol–water partition coefficient (Wildman–Crippen LogP) is 3.31. The fourth-order valence-electron chi connectivity index (χ4n) is 2.17. The van der Waals surface area contributed by atoms with Crippen molar-refractivity contribution in [2.45, 2.75) is 20.5 Å². The van der Waals surface area contributed by atoms with Crippen LogP contribution in [0.1, 0.15) is 27.6 Å². The summed E-state index contributed by atoms with van der Waals surface area (Å²) >= 11 is 0. The van der Waals surface area contributed by atoms with Crippen LogP contribution in [0.2, 0.25) is 0 Å². The van der Waals surface area contributed by atoms with Crippen molar-refractivity contribution < 1.29 is 23.5 Å². The highest BCUT2D eigenvalue weighted by atomic mass is 16.5. The molecule has 6 heteroatoms. The number of hydrogen-bond acceptors (Lipinski definition) is 5. The molecule has 0 amide bonds. The van der Waals surface area contributed by atoms with E-state index in [1.54, 1.807) is 25.1 Å². The number of carbonyl (C=O) groups is 1. The molecule has 21 heavy (non-hydrogen) atoms. The predicted molar refractivity (Wildman–Crippen MR) is 73.5 cm³/mol. The number of oxazole rings is 1. The lowest BCUT2D eigenvalue weighted by atomic mass is 10.1.